The van der Waals surface area contributed by atoms with Gasteiger partial charge in [0.05, 0.1) is 24.0 Å². The molecule has 2 aliphatic rings. The second-order valence-corrected chi connectivity index (χ2v) is 7.92. The molecule has 1 amide bonds. The molecule has 2 aromatic heterocycles. The highest BCUT2D eigenvalue weighted by molar-refractivity contribution is 5.79. The maximum absolute atomic E-state index is 13.0. The SMILES string of the molecule is CC(C)Nc1nc(-c2cnn(C)c2)nc2c1CN(C(=O)C1CCOCC1)CC2. The Morgan fingerprint density at radius 3 is 2.75 bits per heavy atom. The van der Waals surface area contributed by atoms with Crippen LogP contribution >= 0.6 is 0 Å². The Bertz CT molecular complexity index is 856. The standard InChI is InChI=1S/C20H28N6O2/c1-13(2)22-19-16-12-26(20(27)14-5-8-28-9-6-14)7-4-17(16)23-18(24-19)15-10-21-25(3)11-15/h10-11,13-14H,4-9,12H2,1-3H3,(H,22,23,24). The Morgan fingerprint density at radius 1 is 1.29 bits per heavy atom. The van der Waals surface area contributed by atoms with E-state index in [2.05, 4.69) is 24.3 Å². The zero-order valence-corrected chi connectivity index (χ0v) is 16.8. The monoisotopic (exact) mass is 384 g/mol. The van der Waals surface area contributed by atoms with Gasteiger partial charge in [0.25, 0.3) is 0 Å². The van der Waals surface area contributed by atoms with Crippen molar-refractivity contribution < 1.29 is 9.53 Å². The van der Waals surface area contributed by atoms with E-state index in [1.165, 1.54) is 0 Å². The molecule has 2 aliphatic heterocycles. The predicted octanol–water partition coefficient (Wildman–Crippen LogP) is 2.01. The highest BCUT2D eigenvalue weighted by Crippen LogP contribution is 2.29. The summed E-state index contributed by atoms with van der Waals surface area (Å²) >= 11 is 0. The average molecular weight is 384 g/mol. The highest BCUT2D eigenvalue weighted by atomic mass is 16.5. The molecule has 0 aliphatic carbocycles. The van der Waals surface area contributed by atoms with Gasteiger partial charge in [-0.25, -0.2) is 9.97 Å². The summed E-state index contributed by atoms with van der Waals surface area (Å²) in [6.07, 6.45) is 6.08. The number of carbonyl (C=O) groups excluding carboxylic acids is 1. The van der Waals surface area contributed by atoms with Gasteiger partial charge in [-0.3, -0.25) is 9.48 Å². The van der Waals surface area contributed by atoms with E-state index in [9.17, 15) is 4.79 Å². The van der Waals surface area contributed by atoms with E-state index in [-0.39, 0.29) is 17.9 Å². The number of carbonyl (C=O) groups is 1. The molecule has 0 unspecified atom stereocenters. The summed E-state index contributed by atoms with van der Waals surface area (Å²) in [5.41, 5.74) is 2.96. The number of hydrogen-bond acceptors (Lipinski definition) is 6. The Hall–Kier alpha value is -2.48. The van der Waals surface area contributed by atoms with Gasteiger partial charge in [0.2, 0.25) is 5.91 Å². The van der Waals surface area contributed by atoms with Gasteiger partial charge in [0.15, 0.2) is 5.82 Å². The van der Waals surface area contributed by atoms with Crippen LogP contribution in [0.1, 0.15) is 37.9 Å². The predicted molar refractivity (Wildman–Crippen MR) is 106 cm³/mol. The molecule has 0 radical (unpaired) electrons. The second-order valence-electron chi connectivity index (χ2n) is 7.92. The fourth-order valence-corrected chi connectivity index (χ4v) is 3.86. The normalized spacial score (nSPS) is 17.6. The number of rotatable bonds is 4. The third-order valence-electron chi connectivity index (χ3n) is 5.33. The molecule has 28 heavy (non-hydrogen) atoms. The Labute approximate surface area is 165 Å². The number of ether oxygens (including phenoxy) is 1. The zero-order chi connectivity index (χ0) is 19.7. The number of hydrogen-bond donors (Lipinski definition) is 1. The minimum atomic E-state index is 0.0763. The van der Waals surface area contributed by atoms with E-state index < -0.39 is 0 Å². The molecule has 8 heteroatoms. The van der Waals surface area contributed by atoms with Crippen molar-refractivity contribution in [2.24, 2.45) is 13.0 Å². The van der Waals surface area contributed by atoms with Crippen LogP contribution in [0.4, 0.5) is 5.82 Å². The molecule has 0 spiro atoms. The van der Waals surface area contributed by atoms with E-state index in [4.69, 9.17) is 14.7 Å². The first-order valence-electron chi connectivity index (χ1n) is 10.0. The summed E-state index contributed by atoms with van der Waals surface area (Å²) in [7, 11) is 1.88. The molecule has 1 fully saturated rings. The topological polar surface area (TPSA) is 85.2 Å². The van der Waals surface area contributed by atoms with E-state index in [1.807, 2.05) is 18.1 Å². The smallest absolute Gasteiger partial charge is 0.226 e. The largest absolute Gasteiger partial charge is 0.381 e. The van der Waals surface area contributed by atoms with Crippen LogP contribution in [0.25, 0.3) is 11.4 Å². The number of nitrogens with zero attached hydrogens (tertiary/aromatic N) is 5. The molecule has 0 atom stereocenters. The average Bonchev–Trinajstić information content (AvgIpc) is 3.13. The molecule has 8 nitrogen and oxygen atoms in total. The van der Waals surface area contributed by atoms with E-state index >= 15 is 0 Å². The van der Waals surface area contributed by atoms with Gasteiger partial charge in [-0.2, -0.15) is 5.10 Å². The summed E-state index contributed by atoms with van der Waals surface area (Å²) < 4.78 is 7.16. The van der Waals surface area contributed by atoms with Crippen molar-refractivity contribution in [3.05, 3.63) is 23.7 Å². The lowest BCUT2D eigenvalue weighted by atomic mass is 9.96. The minimum absolute atomic E-state index is 0.0763. The molecule has 0 aromatic carbocycles. The number of nitrogens with one attached hydrogen (secondary N) is 1. The van der Waals surface area contributed by atoms with Crippen molar-refractivity contribution in [2.75, 3.05) is 25.1 Å². The van der Waals surface area contributed by atoms with Crippen LogP contribution in [0.15, 0.2) is 12.4 Å². The molecular weight excluding hydrogens is 356 g/mol. The number of aryl methyl sites for hydroxylation is 1. The summed E-state index contributed by atoms with van der Waals surface area (Å²) in [6, 6.07) is 0.238. The van der Waals surface area contributed by atoms with Gasteiger partial charge < -0.3 is 15.0 Å². The number of fused-ring (bicyclic) bond motifs is 1. The molecular formula is C20H28N6O2. The van der Waals surface area contributed by atoms with Crippen LogP contribution in [-0.4, -0.2) is 56.4 Å². The summed E-state index contributed by atoms with van der Waals surface area (Å²) in [6.45, 7) is 6.80. The van der Waals surface area contributed by atoms with Gasteiger partial charge in [0.1, 0.15) is 5.82 Å². The van der Waals surface area contributed by atoms with Crippen molar-refractivity contribution >= 4 is 11.7 Å². The van der Waals surface area contributed by atoms with Gasteiger partial charge in [-0.1, -0.05) is 0 Å². The molecule has 150 valence electrons. The van der Waals surface area contributed by atoms with Crippen LogP contribution in [-0.2, 0) is 29.5 Å². The fourth-order valence-electron chi connectivity index (χ4n) is 3.86. The van der Waals surface area contributed by atoms with Crippen molar-refractivity contribution in [1.82, 2.24) is 24.6 Å². The number of aromatic nitrogens is 4. The Balaban J connectivity index is 1.63. The van der Waals surface area contributed by atoms with E-state index in [0.717, 1.165) is 41.9 Å². The Kier molecular flexibility index (Phi) is 5.30. The maximum atomic E-state index is 13.0. The van der Waals surface area contributed by atoms with Crippen molar-refractivity contribution in [1.29, 1.82) is 0 Å². The molecule has 4 rings (SSSR count). The quantitative estimate of drug-likeness (QED) is 0.868. The van der Waals surface area contributed by atoms with Crippen molar-refractivity contribution in [2.45, 2.75) is 45.7 Å². The molecule has 0 saturated carbocycles. The first-order chi connectivity index (χ1) is 13.5. The highest BCUT2D eigenvalue weighted by Gasteiger charge is 2.31. The molecule has 1 saturated heterocycles. The zero-order valence-electron chi connectivity index (χ0n) is 16.8. The first kappa shape index (κ1) is 18.9. The lowest BCUT2D eigenvalue weighted by molar-refractivity contribution is -0.139. The van der Waals surface area contributed by atoms with Crippen LogP contribution in [0.2, 0.25) is 0 Å². The van der Waals surface area contributed by atoms with Gasteiger partial charge in [-0.15, -0.1) is 0 Å². The van der Waals surface area contributed by atoms with Gasteiger partial charge in [-0.05, 0) is 26.7 Å². The van der Waals surface area contributed by atoms with Crippen LogP contribution in [0, 0.1) is 5.92 Å². The molecule has 2 aromatic rings. The van der Waals surface area contributed by atoms with Crippen LogP contribution < -0.4 is 5.32 Å². The molecule has 1 N–H and O–H groups in total. The minimum Gasteiger partial charge on any atom is -0.381 e. The fraction of sp³-hybridized carbons (Fsp3) is 0.600. The second kappa shape index (κ2) is 7.87. The lowest BCUT2D eigenvalue weighted by Crippen LogP contribution is -2.42. The number of amides is 1. The van der Waals surface area contributed by atoms with Crippen LogP contribution in [0.3, 0.4) is 0 Å². The maximum Gasteiger partial charge on any atom is 0.226 e. The number of anilines is 1. The molecule has 4 heterocycles. The third kappa shape index (κ3) is 3.87. The van der Waals surface area contributed by atoms with Gasteiger partial charge in [0, 0.05) is 56.9 Å². The van der Waals surface area contributed by atoms with E-state index in [0.29, 0.717) is 32.1 Å². The van der Waals surface area contributed by atoms with E-state index in [1.54, 1.807) is 10.9 Å². The van der Waals surface area contributed by atoms with Crippen LogP contribution in [0.5, 0.6) is 0 Å². The Morgan fingerprint density at radius 2 is 2.07 bits per heavy atom. The van der Waals surface area contributed by atoms with Crippen molar-refractivity contribution in [3.8, 4) is 11.4 Å². The summed E-state index contributed by atoms with van der Waals surface area (Å²) in [5.74, 6) is 1.82. The lowest BCUT2D eigenvalue weighted by Gasteiger charge is -2.33. The third-order valence-corrected chi connectivity index (χ3v) is 5.33. The van der Waals surface area contributed by atoms with Gasteiger partial charge >= 0.3 is 0 Å². The first-order valence-corrected chi connectivity index (χ1v) is 10.0. The van der Waals surface area contributed by atoms with Crippen molar-refractivity contribution in [3.63, 3.8) is 0 Å². The summed E-state index contributed by atoms with van der Waals surface area (Å²) in [5, 5.41) is 7.69. The summed E-state index contributed by atoms with van der Waals surface area (Å²) in [4.78, 5) is 24.5. The molecule has 0 bridgehead atoms.